The zero-order chi connectivity index (χ0) is 14.5. The van der Waals surface area contributed by atoms with E-state index in [1.54, 1.807) is 30.3 Å². The SMILES string of the molecule is CSC(C#N)c1cccc(C(=O)c2ccccc2)c1N. The van der Waals surface area contributed by atoms with Crippen LogP contribution in [0, 0.1) is 11.3 Å². The second kappa shape index (κ2) is 6.27. The number of thioether (sulfide) groups is 1. The van der Waals surface area contributed by atoms with E-state index in [9.17, 15) is 4.79 Å². The zero-order valence-corrected chi connectivity index (χ0v) is 11.9. The molecule has 0 fully saturated rings. The highest BCUT2D eigenvalue weighted by Gasteiger charge is 2.18. The summed E-state index contributed by atoms with van der Waals surface area (Å²) in [6.45, 7) is 0. The van der Waals surface area contributed by atoms with Crippen molar-refractivity contribution in [2.75, 3.05) is 12.0 Å². The third-order valence-corrected chi connectivity index (χ3v) is 3.89. The third-order valence-electron chi connectivity index (χ3n) is 3.06. The number of hydrogen-bond donors (Lipinski definition) is 1. The Bertz CT molecular complexity index is 662. The van der Waals surface area contributed by atoms with Gasteiger partial charge in [0.2, 0.25) is 0 Å². The van der Waals surface area contributed by atoms with Crippen LogP contribution in [0.15, 0.2) is 48.5 Å². The Kier molecular flexibility index (Phi) is 4.44. The van der Waals surface area contributed by atoms with Crippen LogP contribution in [0.5, 0.6) is 0 Å². The first-order valence-electron chi connectivity index (χ1n) is 6.09. The molecule has 0 spiro atoms. The largest absolute Gasteiger partial charge is 0.398 e. The van der Waals surface area contributed by atoms with Crippen molar-refractivity contribution in [1.82, 2.24) is 0 Å². The fourth-order valence-electron chi connectivity index (χ4n) is 2.00. The minimum Gasteiger partial charge on any atom is -0.398 e. The molecule has 0 aliphatic rings. The highest BCUT2D eigenvalue weighted by molar-refractivity contribution is 7.99. The summed E-state index contributed by atoms with van der Waals surface area (Å²) in [6.07, 6.45) is 1.85. The van der Waals surface area contributed by atoms with Gasteiger partial charge in [-0.2, -0.15) is 5.26 Å². The van der Waals surface area contributed by atoms with Crippen molar-refractivity contribution in [2.45, 2.75) is 5.25 Å². The Morgan fingerprint density at radius 3 is 2.50 bits per heavy atom. The number of hydrogen-bond acceptors (Lipinski definition) is 4. The van der Waals surface area contributed by atoms with E-state index in [2.05, 4.69) is 6.07 Å². The standard InChI is InChI=1S/C16H14N2OS/c1-20-14(10-17)12-8-5-9-13(15(12)18)16(19)11-6-3-2-4-7-11/h2-9,14H,18H2,1H3. The van der Waals surface area contributed by atoms with Crippen LogP contribution < -0.4 is 5.73 Å². The average molecular weight is 282 g/mol. The minimum absolute atomic E-state index is 0.122. The fraction of sp³-hybridized carbons (Fsp3) is 0.125. The van der Waals surface area contributed by atoms with Crippen LogP contribution in [0.3, 0.4) is 0 Å². The van der Waals surface area contributed by atoms with E-state index in [-0.39, 0.29) is 11.0 Å². The summed E-state index contributed by atoms with van der Waals surface area (Å²) in [5.41, 5.74) is 8.21. The third kappa shape index (κ3) is 2.68. The van der Waals surface area contributed by atoms with Crippen molar-refractivity contribution in [3.63, 3.8) is 0 Å². The molecule has 0 bridgehead atoms. The molecule has 100 valence electrons. The van der Waals surface area contributed by atoms with Crippen molar-refractivity contribution in [3.05, 3.63) is 65.2 Å². The quantitative estimate of drug-likeness (QED) is 0.689. The van der Waals surface area contributed by atoms with E-state index >= 15 is 0 Å². The maximum Gasteiger partial charge on any atom is 0.195 e. The number of para-hydroxylation sites is 1. The number of anilines is 1. The molecule has 1 unspecified atom stereocenters. The van der Waals surface area contributed by atoms with Crippen LogP contribution in [0.25, 0.3) is 0 Å². The van der Waals surface area contributed by atoms with Crippen LogP contribution >= 0.6 is 11.8 Å². The normalized spacial score (nSPS) is 11.6. The van der Waals surface area contributed by atoms with Gasteiger partial charge in [-0.05, 0) is 12.3 Å². The van der Waals surface area contributed by atoms with Crippen LogP contribution in [-0.4, -0.2) is 12.0 Å². The number of ketones is 1. The second-order valence-corrected chi connectivity index (χ2v) is 5.19. The van der Waals surface area contributed by atoms with Gasteiger partial charge in [0.15, 0.2) is 5.78 Å². The molecule has 2 aromatic carbocycles. The van der Waals surface area contributed by atoms with Crippen LogP contribution in [-0.2, 0) is 0 Å². The molecule has 2 N–H and O–H groups in total. The fourth-order valence-corrected chi connectivity index (χ4v) is 2.57. The lowest BCUT2D eigenvalue weighted by molar-refractivity contribution is 0.103. The van der Waals surface area contributed by atoms with Crippen molar-refractivity contribution < 1.29 is 4.79 Å². The van der Waals surface area contributed by atoms with Crippen molar-refractivity contribution in [3.8, 4) is 6.07 Å². The first-order valence-corrected chi connectivity index (χ1v) is 7.38. The lowest BCUT2D eigenvalue weighted by Crippen LogP contribution is -2.08. The molecule has 0 saturated carbocycles. The van der Waals surface area contributed by atoms with Gasteiger partial charge in [-0.15, -0.1) is 11.8 Å². The Hall–Kier alpha value is -2.25. The molecule has 0 radical (unpaired) electrons. The average Bonchev–Trinajstić information content (AvgIpc) is 2.50. The molecule has 1 atom stereocenters. The molecular weight excluding hydrogens is 268 g/mol. The zero-order valence-electron chi connectivity index (χ0n) is 11.0. The van der Waals surface area contributed by atoms with E-state index in [1.165, 1.54) is 11.8 Å². The van der Waals surface area contributed by atoms with Crippen molar-refractivity contribution in [1.29, 1.82) is 5.26 Å². The van der Waals surface area contributed by atoms with Gasteiger partial charge in [0.05, 0.1) is 6.07 Å². The van der Waals surface area contributed by atoms with Crippen molar-refractivity contribution in [2.24, 2.45) is 0 Å². The molecular formula is C16H14N2OS. The van der Waals surface area contributed by atoms with E-state index in [4.69, 9.17) is 11.0 Å². The van der Waals surface area contributed by atoms with Gasteiger partial charge < -0.3 is 5.73 Å². The number of nitrogen functional groups attached to an aromatic ring is 1. The predicted molar refractivity (Wildman–Crippen MR) is 82.6 cm³/mol. The van der Waals surface area contributed by atoms with E-state index in [0.717, 1.165) is 0 Å². The summed E-state index contributed by atoms with van der Waals surface area (Å²) in [4.78, 5) is 12.4. The van der Waals surface area contributed by atoms with E-state index in [1.807, 2.05) is 24.5 Å². The van der Waals surface area contributed by atoms with Crippen LogP contribution in [0.2, 0.25) is 0 Å². The maximum absolute atomic E-state index is 12.4. The van der Waals surface area contributed by atoms with Gasteiger partial charge >= 0.3 is 0 Å². The lowest BCUT2D eigenvalue weighted by atomic mass is 9.98. The number of nitrogens with two attached hydrogens (primary N) is 1. The Labute approximate surface area is 122 Å². The van der Waals surface area contributed by atoms with Crippen molar-refractivity contribution >= 4 is 23.2 Å². The summed E-state index contributed by atoms with van der Waals surface area (Å²) in [6, 6.07) is 16.4. The minimum atomic E-state index is -0.362. The summed E-state index contributed by atoms with van der Waals surface area (Å²) < 4.78 is 0. The summed E-state index contributed by atoms with van der Waals surface area (Å²) >= 11 is 1.40. The van der Waals surface area contributed by atoms with E-state index < -0.39 is 0 Å². The molecule has 0 heterocycles. The summed E-state index contributed by atoms with van der Waals surface area (Å²) in [5, 5.41) is 8.78. The molecule has 20 heavy (non-hydrogen) atoms. The first kappa shape index (κ1) is 14.2. The number of carbonyl (C=O) groups excluding carboxylic acids is 1. The van der Waals surface area contributed by atoms with E-state index in [0.29, 0.717) is 22.4 Å². The topological polar surface area (TPSA) is 66.9 Å². The number of carbonyl (C=O) groups is 1. The summed E-state index contributed by atoms with van der Waals surface area (Å²) in [7, 11) is 0. The Morgan fingerprint density at radius 2 is 1.90 bits per heavy atom. The first-order chi connectivity index (χ1) is 9.69. The monoisotopic (exact) mass is 282 g/mol. The highest BCUT2D eigenvalue weighted by Crippen LogP contribution is 2.32. The number of rotatable bonds is 4. The van der Waals surface area contributed by atoms with Gasteiger partial charge in [-0.3, -0.25) is 4.79 Å². The molecule has 4 heteroatoms. The van der Waals surface area contributed by atoms with Gasteiger partial charge in [-0.25, -0.2) is 0 Å². The highest BCUT2D eigenvalue weighted by atomic mass is 32.2. The Balaban J connectivity index is 2.47. The molecule has 0 aliphatic carbocycles. The summed E-state index contributed by atoms with van der Waals surface area (Å²) in [5.74, 6) is -0.122. The van der Waals surface area contributed by atoms with Crippen LogP contribution in [0.4, 0.5) is 5.69 Å². The number of nitriles is 1. The molecule has 0 saturated heterocycles. The molecule has 0 aromatic heterocycles. The molecule has 2 aromatic rings. The van der Waals surface area contributed by atoms with Gasteiger partial charge in [0.1, 0.15) is 5.25 Å². The Morgan fingerprint density at radius 1 is 1.20 bits per heavy atom. The smallest absolute Gasteiger partial charge is 0.195 e. The van der Waals surface area contributed by atoms with Gasteiger partial charge in [0.25, 0.3) is 0 Å². The van der Waals surface area contributed by atoms with Gasteiger partial charge in [-0.1, -0.05) is 42.5 Å². The molecule has 3 nitrogen and oxygen atoms in total. The number of benzene rings is 2. The maximum atomic E-state index is 12.4. The van der Waals surface area contributed by atoms with Gasteiger partial charge in [0, 0.05) is 22.4 Å². The lowest BCUT2D eigenvalue weighted by Gasteiger charge is -2.13. The molecule has 0 aliphatic heterocycles. The van der Waals surface area contributed by atoms with Crippen LogP contribution in [0.1, 0.15) is 26.7 Å². The molecule has 0 amide bonds. The number of nitrogens with zero attached hydrogens (tertiary/aromatic N) is 1. The molecule has 2 rings (SSSR count). The second-order valence-electron chi connectivity index (χ2n) is 4.25. The predicted octanol–water partition coefficient (Wildman–Crippen LogP) is 3.43.